The summed E-state index contributed by atoms with van der Waals surface area (Å²) in [6, 6.07) is 2.96. The molecule has 1 aromatic rings. The summed E-state index contributed by atoms with van der Waals surface area (Å²) in [5, 5.41) is 17.2. The van der Waals surface area contributed by atoms with E-state index in [9.17, 15) is 10.1 Å². The monoisotopic (exact) mass is 292 g/mol. The lowest BCUT2D eigenvalue weighted by Gasteiger charge is -2.10. The molecule has 0 spiro atoms. The van der Waals surface area contributed by atoms with Gasteiger partial charge in [0, 0.05) is 13.1 Å². The second kappa shape index (κ2) is 7.81. The smallest absolute Gasteiger partial charge is 0.276 e. The highest BCUT2D eigenvalue weighted by Gasteiger charge is 2.14. The molecule has 0 aliphatic heterocycles. The summed E-state index contributed by atoms with van der Waals surface area (Å²) in [5.74, 6) is 2.00. The standard InChI is InChI=1S/C15H24N4O2/c1-2-16-14-10-13(19(20)21)11-15(18-14)17-9-5-8-12-6-3-4-7-12/h10-12H,2-9H2,1H3,(H2,16,17,18). The lowest BCUT2D eigenvalue weighted by atomic mass is 10.0. The molecule has 0 saturated heterocycles. The van der Waals surface area contributed by atoms with Crippen molar-refractivity contribution in [2.24, 2.45) is 5.92 Å². The van der Waals surface area contributed by atoms with Crippen LogP contribution >= 0.6 is 0 Å². The predicted molar refractivity (Wildman–Crippen MR) is 84.7 cm³/mol. The van der Waals surface area contributed by atoms with Gasteiger partial charge in [-0.15, -0.1) is 0 Å². The van der Waals surface area contributed by atoms with Gasteiger partial charge in [-0.05, 0) is 25.7 Å². The number of anilines is 2. The third-order valence-corrected chi connectivity index (χ3v) is 3.95. The van der Waals surface area contributed by atoms with Crippen LogP contribution in [0.2, 0.25) is 0 Å². The molecule has 21 heavy (non-hydrogen) atoms. The highest BCUT2D eigenvalue weighted by Crippen LogP contribution is 2.28. The molecule has 1 fully saturated rings. The molecule has 1 saturated carbocycles. The van der Waals surface area contributed by atoms with Gasteiger partial charge < -0.3 is 10.6 Å². The molecule has 0 bridgehead atoms. The second-order valence-corrected chi connectivity index (χ2v) is 5.60. The van der Waals surface area contributed by atoms with Crippen molar-refractivity contribution in [2.75, 3.05) is 23.7 Å². The molecule has 0 unspecified atom stereocenters. The van der Waals surface area contributed by atoms with Crippen LogP contribution in [0.4, 0.5) is 17.3 Å². The zero-order valence-electron chi connectivity index (χ0n) is 12.6. The summed E-state index contributed by atoms with van der Waals surface area (Å²) in [6.45, 7) is 3.45. The minimum Gasteiger partial charge on any atom is -0.370 e. The summed E-state index contributed by atoms with van der Waals surface area (Å²) < 4.78 is 0. The maximum atomic E-state index is 10.9. The Morgan fingerprint density at radius 3 is 2.57 bits per heavy atom. The molecule has 1 aliphatic carbocycles. The Hall–Kier alpha value is -1.85. The van der Waals surface area contributed by atoms with E-state index in [0.717, 1.165) is 18.9 Å². The molecule has 1 heterocycles. The Bertz CT molecular complexity index is 473. The van der Waals surface area contributed by atoms with Gasteiger partial charge in [-0.3, -0.25) is 10.1 Å². The third kappa shape index (κ3) is 4.88. The van der Waals surface area contributed by atoms with Gasteiger partial charge in [0.1, 0.15) is 11.6 Å². The lowest BCUT2D eigenvalue weighted by Crippen LogP contribution is -2.08. The van der Waals surface area contributed by atoms with Gasteiger partial charge in [-0.1, -0.05) is 25.7 Å². The van der Waals surface area contributed by atoms with E-state index in [-0.39, 0.29) is 10.6 Å². The first-order valence-electron chi connectivity index (χ1n) is 7.83. The van der Waals surface area contributed by atoms with E-state index in [1.54, 1.807) is 0 Å². The fourth-order valence-electron chi connectivity index (χ4n) is 2.89. The zero-order chi connectivity index (χ0) is 15.1. The molecular formula is C15H24N4O2. The normalized spacial score (nSPS) is 15.1. The lowest BCUT2D eigenvalue weighted by molar-refractivity contribution is -0.384. The maximum absolute atomic E-state index is 10.9. The summed E-state index contributed by atoms with van der Waals surface area (Å²) in [7, 11) is 0. The quantitative estimate of drug-likeness (QED) is 0.433. The molecule has 1 aromatic heterocycles. The van der Waals surface area contributed by atoms with Gasteiger partial charge in [-0.25, -0.2) is 4.98 Å². The Balaban J connectivity index is 1.86. The zero-order valence-corrected chi connectivity index (χ0v) is 12.6. The van der Waals surface area contributed by atoms with Crippen molar-refractivity contribution in [1.29, 1.82) is 0 Å². The van der Waals surface area contributed by atoms with Crippen molar-refractivity contribution >= 4 is 17.3 Å². The van der Waals surface area contributed by atoms with Gasteiger partial charge in [0.2, 0.25) is 0 Å². The fraction of sp³-hybridized carbons (Fsp3) is 0.667. The van der Waals surface area contributed by atoms with E-state index in [1.807, 2.05) is 6.92 Å². The highest BCUT2D eigenvalue weighted by atomic mass is 16.6. The van der Waals surface area contributed by atoms with Gasteiger partial charge in [0.05, 0.1) is 17.1 Å². The van der Waals surface area contributed by atoms with Gasteiger partial charge >= 0.3 is 0 Å². The molecule has 2 rings (SSSR count). The van der Waals surface area contributed by atoms with E-state index in [4.69, 9.17) is 0 Å². The van der Waals surface area contributed by atoms with E-state index in [2.05, 4.69) is 15.6 Å². The van der Waals surface area contributed by atoms with Crippen LogP contribution in [-0.4, -0.2) is 23.0 Å². The first kappa shape index (κ1) is 15.5. The molecule has 116 valence electrons. The van der Waals surface area contributed by atoms with E-state index >= 15 is 0 Å². The fourth-order valence-corrected chi connectivity index (χ4v) is 2.89. The largest absolute Gasteiger partial charge is 0.370 e. The number of nitro groups is 1. The van der Waals surface area contributed by atoms with Crippen molar-refractivity contribution in [2.45, 2.75) is 45.4 Å². The third-order valence-electron chi connectivity index (χ3n) is 3.95. The maximum Gasteiger partial charge on any atom is 0.276 e. The van der Waals surface area contributed by atoms with Crippen LogP contribution in [0, 0.1) is 16.0 Å². The molecule has 0 amide bonds. The van der Waals surface area contributed by atoms with E-state index in [1.165, 1.54) is 44.2 Å². The van der Waals surface area contributed by atoms with E-state index in [0.29, 0.717) is 18.2 Å². The van der Waals surface area contributed by atoms with Crippen molar-refractivity contribution in [3.63, 3.8) is 0 Å². The second-order valence-electron chi connectivity index (χ2n) is 5.60. The first-order chi connectivity index (χ1) is 10.2. The summed E-state index contributed by atoms with van der Waals surface area (Å²) in [6.07, 6.45) is 7.79. The minimum absolute atomic E-state index is 0.0687. The Labute approximate surface area is 125 Å². The van der Waals surface area contributed by atoms with Crippen LogP contribution in [0.25, 0.3) is 0 Å². The molecule has 0 atom stereocenters. The Morgan fingerprint density at radius 2 is 1.95 bits per heavy atom. The van der Waals surface area contributed by atoms with Crippen molar-refractivity contribution in [1.82, 2.24) is 4.98 Å². The van der Waals surface area contributed by atoms with E-state index < -0.39 is 0 Å². The van der Waals surface area contributed by atoms with Crippen LogP contribution in [0.5, 0.6) is 0 Å². The van der Waals surface area contributed by atoms with Gasteiger partial charge in [0.15, 0.2) is 0 Å². The summed E-state index contributed by atoms with van der Waals surface area (Å²) >= 11 is 0. The molecule has 0 aromatic carbocycles. The Morgan fingerprint density at radius 1 is 1.29 bits per heavy atom. The molecule has 6 heteroatoms. The van der Waals surface area contributed by atoms with Gasteiger partial charge in [0.25, 0.3) is 5.69 Å². The number of hydrogen-bond donors (Lipinski definition) is 2. The Kier molecular flexibility index (Phi) is 5.78. The number of hydrogen-bond acceptors (Lipinski definition) is 5. The molecule has 1 aliphatic rings. The number of pyridine rings is 1. The molecule has 0 radical (unpaired) electrons. The number of aromatic nitrogens is 1. The van der Waals surface area contributed by atoms with Crippen LogP contribution < -0.4 is 10.6 Å². The number of rotatable bonds is 8. The predicted octanol–water partition coefficient (Wildman–Crippen LogP) is 3.80. The number of nitrogens with zero attached hydrogens (tertiary/aromatic N) is 2. The van der Waals surface area contributed by atoms with Crippen molar-refractivity contribution in [3.8, 4) is 0 Å². The molecule has 2 N–H and O–H groups in total. The first-order valence-corrected chi connectivity index (χ1v) is 7.83. The molecular weight excluding hydrogens is 268 g/mol. The van der Waals surface area contributed by atoms with Crippen LogP contribution in [-0.2, 0) is 0 Å². The van der Waals surface area contributed by atoms with Crippen molar-refractivity contribution < 1.29 is 4.92 Å². The minimum atomic E-state index is -0.383. The topological polar surface area (TPSA) is 80.1 Å². The summed E-state index contributed by atoms with van der Waals surface area (Å²) in [5.41, 5.74) is 0.0687. The highest BCUT2D eigenvalue weighted by molar-refractivity contribution is 5.54. The van der Waals surface area contributed by atoms with Gasteiger partial charge in [-0.2, -0.15) is 0 Å². The summed E-state index contributed by atoms with van der Waals surface area (Å²) in [4.78, 5) is 14.9. The average Bonchev–Trinajstić information content (AvgIpc) is 2.97. The van der Waals surface area contributed by atoms with Crippen LogP contribution in [0.15, 0.2) is 12.1 Å². The SMILES string of the molecule is CCNc1cc([N+](=O)[O-])cc(NCCCC2CCCC2)n1. The van der Waals surface area contributed by atoms with Crippen molar-refractivity contribution in [3.05, 3.63) is 22.2 Å². The average molecular weight is 292 g/mol. The molecule has 6 nitrogen and oxygen atoms in total. The van der Waals surface area contributed by atoms with Crippen LogP contribution in [0.1, 0.15) is 45.4 Å². The van der Waals surface area contributed by atoms with Crippen LogP contribution in [0.3, 0.4) is 0 Å². The number of nitrogens with one attached hydrogen (secondary N) is 2.